The molecule has 1 aliphatic heterocycles. The predicted molar refractivity (Wildman–Crippen MR) is 97.5 cm³/mol. The molecule has 2 heterocycles. The smallest absolute Gasteiger partial charge is 0.252 e. The van der Waals surface area contributed by atoms with Crippen molar-refractivity contribution in [2.24, 2.45) is 5.92 Å². The van der Waals surface area contributed by atoms with Crippen LogP contribution in [0.2, 0.25) is 0 Å². The van der Waals surface area contributed by atoms with Crippen LogP contribution in [0.5, 0.6) is 0 Å². The third-order valence-corrected chi connectivity index (χ3v) is 5.44. The third-order valence-electron chi connectivity index (χ3n) is 5.44. The first-order chi connectivity index (χ1) is 13.0. The van der Waals surface area contributed by atoms with Gasteiger partial charge in [-0.25, -0.2) is 0 Å². The standard InChI is InChI=1S/C20H20N4O3/c1-11(25)12-2-3-15-16(4-5-22-17(15)7-12)20(27)23-10-19(26)24-14(9-21)6-13-8-18(13)24/h2-5,7,11,13-14,18,25H,6,8,10H2,1H3,(H,23,27)/t11?,13-,14+,18+/m1/s1. The number of nitrogens with zero attached hydrogens (tertiary/aromatic N) is 3. The molecule has 7 nitrogen and oxygen atoms in total. The average Bonchev–Trinajstić information content (AvgIpc) is 3.34. The van der Waals surface area contributed by atoms with Crippen molar-refractivity contribution in [3.05, 3.63) is 41.6 Å². The molecule has 4 rings (SSSR count). The van der Waals surface area contributed by atoms with Crippen molar-refractivity contribution < 1.29 is 14.7 Å². The van der Waals surface area contributed by atoms with Crippen LogP contribution < -0.4 is 5.32 Å². The predicted octanol–water partition coefficient (Wildman–Crippen LogP) is 1.53. The molecule has 27 heavy (non-hydrogen) atoms. The van der Waals surface area contributed by atoms with Crippen molar-refractivity contribution in [1.82, 2.24) is 15.2 Å². The fourth-order valence-corrected chi connectivity index (χ4v) is 3.90. The van der Waals surface area contributed by atoms with Gasteiger partial charge < -0.3 is 15.3 Å². The number of hydrogen-bond donors (Lipinski definition) is 2. The van der Waals surface area contributed by atoms with Gasteiger partial charge in [0.2, 0.25) is 5.91 Å². The molecule has 0 radical (unpaired) electrons. The Hall–Kier alpha value is -2.98. The normalized spacial score (nSPS) is 24.2. The maximum absolute atomic E-state index is 12.6. The highest BCUT2D eigenvalue weighted by atomic mass is 16.3. The molecule has 1 aromatic carbocycles. The van der Waals surface area contributed by atoms with Crippen LogP contribution in [-0.2, 0) is 4.79 Å². The van der Waals surface area contributed by atoms with Gasteiger partial charge in [0.25, 0.3) is 5.91 Å². The lowest BCUT2D eigenvalue weighted by Crippen LogP contribution is -2.44. The van der Waals surface area contributed by atoms with E-state index in [2.05, 4.69) is 16.4 Å². The molecule has 1 aliphatic carbocycles. The van der Waals surface area contributed by atoms with E-state index in [0.29, 0.717) is 22.4 Å². The molecular formula is C20H20N4O3. The summed E-state index contributed by atoms with van der Waals surface area (Å²) in [5.74, 6) is -0.128. The zero-order valence-electron chi connectivity index (χ0n) is 14.9. The number of pyridine rings is 1. The molecule has 1 unspecified atom stereocenters. The van der Waals surface area contributed by atoms with E-state index in [0.717, 1.165) is 18.4 Å². The van der Waals surface area contributed by atoms with Gasteiger partial charge >= 0.3 is 0 Å². The van der Waals surface area contributed by atoms with E-state index in [1.165, 1.54) is 6.20 Å². The maximum atomic E-state index is 12.6. The van der Waals surface area contributed by atoms with Crippen LogP contribution in [-0.4, -0.2) is 45.4 Å². The van der Waals surface area contributed by atoms with E-state index in [1.807, 2.05) is 0 Å². The first-order valence-electron chi connectivity index (χ1n) is 9.05. The van der Waals surface area contributed by atoms with E-state index in [-0.39, 0.29) is 30.4 Å². The van der Waals surface area contributed by atoms with Gasteiger partial charge in [-0.1, -0.05) is 12.1 Å². The number of aliphatic hydroxyl groups excluding tert-OH is 1. The number of fused-ring (bicyclic) bond motifs is 2. The van der Waals surface area contributed by atoms with E-state index in [1.54, 1.807) is 36.1 Å². The lowest BCUT2D eigenvalue weighted by molar-refractivity contribution is -0.131. The summed E-state index contributed by atoms with van der Waals surface area (Å²) in [5, 5.41) is 22.2. The molecule has 0 spiro atoms. The number of hydrogen-bond acceptors (Lipinski definition) is 5. The Morgan fingerprint density at radius 3 is 2.96 bits per heavy atom. The highest BCUT2D eigenvalue weighted by Gasteiger charge is 2.53. The fraction of sp³-hybridized carbons (Fsp3) is 0.400. The minimum Gasteiger partial charge on any atom is -0.389 e. The van der Waals surface area contributed by atoms with Gasteiger partial charge in [0.05, 0.1) is 29.8 Å². The Balaban J connectivity index is 1.48. The lowest BCUT2D eigenvalue weighted by atomic mass is 10.0. The molecule has 2 fully saturated rings. The highest BCUT2D eigenvalue weighted by Crippen LogP contribution is 2.47. The molecular weight excluding hydrogens is 344 g/mol. The summed E-state index contributed by atoms with van der Waals surface area (Å²) in [6, 6.07) is 8.83. The highest BCUT2D eigenvalue weighted by molar-refractivity contribution is 6.07. The van der Waals surface area contributed by atoms with Gasteiger partial charge in [0, 0.05) is 17.6 Å². The summed E-state index contributed by atoms with van der Waals surface area (Å²) in [6.07, 6.45) is 2.61. The van der Waals surface area contributed by atoms with Crippen LogP contribution >= 0.6 is 0 Å². The number of rotatable bonds is 4. The van der Waals surface area contributed by atoms with Gasteiger partial charge in [-0.05, 0) is 43.4 Å². The Kier molecular flexibility index (Phi) is 4.28. The average molecular weight is 364 g/mol. The quantitative estimate of drug-likeness (QED) is 0.856. The molecule has 2 N–H and O–H groups in total. The molecule has 0 bridgehead atoms. The number of carbonyl (C=O) groups excluding carboxylic acids is 2. The van der Waals surface area contributed by atoms with Crippen LogP contribution in [0.3, 0.4) is 0 Å². The lowest BCUT2D eigenvalue weighted by Gasteiger charge is -2.22. The topological polar surface area (TPSA) is 106 Å². The second kappa shape index (κ2) is 6.63. The van der Waals surface area contributed by atoms with E-state index < -0.39 is 6.10 Å². The van der Waals surface area contributed by atoms with Crippen LogP contribution in [0.15, 0.2) is 30.5 Å². The second-order valence-electron chi connectivity index (χ2n) is 7.24. The molecule has 2 amide bonds. The molecule has 1 saturated heterocycles. The maximum Gasteiger partial charge on any atom is 0.252 e. The zero-order chi connectivity index (χ0) is 19.1. The number of nitrogens with one attached hydrogen (secondary N) is 1. The van der Waals surface area contributed by atoms with E-state index in [4.69, 9.17) is 0 Å². The van der Waals surface area contributed by atoms with Gasteiger partial charge in [-0.15, -0.1) is 0 Å². The zero-order valence-corrected chi connectivity index (χ0v) is 14.9. The Morgan fingerprint density at radius 2 is 2.22 bits per heavy atom. The number of amides is 2. The van der Waals surface area contributed by atoms with E-state index in [9.17, 15) is 20.0 Å². The molecule has 1 aromatic heterocycles. The summed E-state index contributed by atoms with van der Waals surface area (Å²) in [7, 11) is 0. The van der Waals surface area contributed by atoms with Gasteiger partial charge in [0.15, 0.2) is 0 Å². The number of aromatic nitrogens is 1. The van der Waals surface area contributed by atoms with Crippen molar-refractivity contribution in [3.8, 4) is 6.07 Å². The third kappa shape index (κ3) is 3.13. The Morgan fingerprint density at radius 1 is 1.41 bits per heavy atom. The van der Waals surface area contributed by atoms with Crippen LogP contribution in [0, 0.1) is 17.2 Å². The SMILES string of the molecule is CC(O)c1ccc2c(C(=O)NCC(=O)N3[C@H](C#N)C[C@@H]4C[C@@H]43)ccnc2c1. The van der Waals surface area contributed by atoms with Gasteiger partial charge in [-0.2, -0.15) is 5.26 Å². The summed E-state index contributed by atoms with van der Waals surface area (Å²) in [4.78, 5) is 31.0. The fourth-order valence-electron chi connectivity index (χ4n) is 3.90. The molecule has 7 heteroatoms. The van der Waals surface area contributed by atoms with Crippen LogP contribution in [0.1, 0.15) is 41.8 Å². The number of piperidine rings is 1. The number of nitriles is 1. The van der Waals surface area contributed by atoms with Crippen LogP contribution in [0.25, 0.3) is 10.9 Å². The first kappa shape index (κ1) is 17.4. The molecule has 1 saturated carbocycles. The summed E-state index contributed by atoms with van der Waals surface area (Å²) >= 11 is 0. The molecule has 2 aromatic rings. The number of benzene rings is 1. The van der Waals surface area contributed by atoms with Crippen molar-refractivity contribution in [2.45, 2.75) is 38.0 Å². The minimum atomic E-state index is -0.619. The Labute approximate surface area is 156 Å². The number of carbonyl (C=O) groups is 2. The van der Waals surface area contributed by atoms with Crippen LogP contribution in [0.4, 0.5) is 0 Å². The molecule has 4 atom stereocenters. The minimum absolute atomic E-state index is 0.129. The monoisotopic (exact) mass is 364 g/mol. The Bertz CT molecular complexity index is 965. The van der Waals surface area contributed by atoms with Crippen molar-refractivity contribution in [2.75, 3.05) is 6.54 Å². The number of likely N-dealkylation sites (tertiary alicyclic amines) is 1. The van der Waals surface area contributed by atoms with E-state index >= 15 is 0 Å². The summed E-state index contributed by atoms with van der Waals surface area (Å²) < 4.78 is 0. The van der Waals surface area contributed by atoms with Crippen molar-refractivity contribution in [1.29, 1.82) is 5.26 Å². The largest absolute Gasteiger partial charge is 0.389 e. The molecule has 2 aliphatic rings. The van der Waals surface area contributed by atoms with Gasteiger partial charge in [-0.3, -0.25) is 14.6 Å². The van der Waals surface area contributed by atoms with Gasteiger partial charge in [0.1, 0.15) is 6.04 Å². The van der Waals surface area contributed by atoms with Crippen molar-refractivity contribution >= 4 is 22.7 Å². The number of aliphatic hydroxyl groups is 1. The first-order valence-corrected chi connectivity index (χ1v) is 9.05. The molecule has 138 valence electrons. The summed E-state index contributed by atoms with van der Waals surface area (Å²) in [6.45, 7) is 1.54. The second-order valence-corrected chi connectivity index (χ2v) is 7.24. The summed E-state index contributed by atoms with van der Waals surface area (Å²) in [5.41, 5.74) is 1.75. The van der Waals surface area contributed by atoms with Crippen molar-refractivity contribution in [3.63, 3.8) is 0 Å².